The third-order valence-electron chi connectivity index (χ3n) is 5.85. The molecular weight excluding hydrogens is 352 g/mol. The van der Waals surface area contributed by atoms with Crippen molar-refractivity contribution in [3.63, 3.8) is 0 Å². The first kappa shape index (κ1) is 19.1. The molecule has 0 spiro atoms. The van der Waals surface area contributed by atoms with Crippen LogP contribution < -0.4 is 0 Å². The molecule has 7 nitrogen and oxygen atoms in total. The van der Waals surface area contributed by atoms with Crippen LogP contribution in [-0.2, 0) is 11.2 Å². The molecule has 28 heavy (non-hydrogen) atoms. The predicted octanol–water partition coefficient (Wildman–Crippen LogP) is 2.52. The number of aromatic nitrogens is 4. The number of imidazole rings is 1. The Morgan fingerprint density at radius 1 is 1.11 bits per heavy atom. The molecule has 0 saturated carbocycles. The Kier molecular flexibility index (Phi) is 6.31. The van der Waals surface area contributed by atoms with E-state index in [1.165, 1.54) is 25.7 Å². The lowest BCUT2D eigenvalue weighted by Crippen LogP contribution is -2.45. The fraction of sp³-hybridized carbons (Fsp3) is 0.619. The molecule has 150 valence electrons. The Morgan fingerprint density at radius 3 is 2.75 bits per heavy atom. The summed E-state index contributed by atoms with van der Waals surface area (Å²) in [5.74, 6) is 1.48. The lowest BCUT2D eigenvalue weighted by molar-refractivity contribution is -0.134. The molecule has 0 aromatic carbocycles. The molecule has 0 bridgehead atoms. The summed E-state index contributed by atoms with van der Waals surface area (Å²) in [7, 11) is 0. The monoisotopic (exact) mass is 382 g/mol. The fourth-order valence-electron chi connectivity index (χ4n) is 4.36. The van der Waals surface area contributed by atoms with E-state index in [0.717, 1.165) is 62.7 Å². The van der Waals surface area contributed by atoms with Crippen LogP contribution in [0.1, 0.15) is 44.2 Å². The lowest BCUT2D eigenvalue weighted by Gasteiger charge is -2.34. The second-order valence-corrected chi connectivity index (χ2v) is 8.08. The molecule has 4 heterocycles. The molecule has 2 aliphatic rings. The van der Waals surface area contributed by atoms with Gasteiger partial charge in [-0.1, -0.05) is 12.8 Å². The number of piperidine rings is 1. The number of rotatable bonds is 5. The Morgan fingerprint density at radius 2 is 1.96 bits per heavy atom. The summed E-state index contributed by atoms with van der Waals surface area (Å²) < 4.78 is 0. The quantitative estimate of drug-likeness (QED) is 0.860. The van der Waals surface area contributed by atoms with Crippen molar-refractivity contribution in [2.45, 2.75) is 44.9 Å². The largest absolute Gasteiger partial charge is 0.343 e. The van der Waals surface area contributed by atoms with Crippen LogP contribution in [-0.4, -0.2) is 68.4 Å². The summed E-state index contributed by atoms with van der Waals surface area (Å²) in [6.45, 7) is 4.44. The third kappa shape index (κ3) is 4.95. The van der Waals surface area contributed by atoms with Gasteiger partial charge in [0.15, 0.2) is 5.82 Å². The number of hydrogen-bond donors (Lipinski definition) is 1. The predicted molar refractivity (Wildman–Crippen MR) is 108 cm³/mol. The van der Waals surface area contributed by atoms with Crippen molar-refractivity contribution in [2.24, 2.45) is 5.92 Å². The van der Waals surface area contributed by atoms with E-state index in [4.69, 9.17) is 4.98 Å². The molecule has 1 N–H and O–H groups in total. The number of nitrogens with one attached hydrogen (secondary N) is 1. The summed E-state index contributed by atoms with van der Waals surface area (Å²) in [5.41, 5.74) is 1.74. The zero-order valence-electron chi connectivity index (χ0n) is 16.5. The SMILES string of the molecule is O=C(CN1CCCCCC1)N1CCC[C@@H](Cc2cncc(-c3ncc[nH]3)n2)C1. The fourth-order valence-corrected chi connectivity index (χ4v) is 4.36. The van der Waals surface area contributed by atoms with Crippen LogP contribution in [0.15, 0.2) is 24.8 Å². The van der Waals surface area contributed by atoms with Gasteiger partial charge in [0.05, 0.1) is 18.4 Å². The van der Waals surface area contributed by atoms with E-state index < -0.39 is 0 Å². The third-order valence-corrected chi connectivity index (χ3v) is 5.85. The summed E-state index contributed by atoms with van der Waals surface area (Å²) in [6, 6.07) is 0. The average Bonchev–Trinajstić information content (AvgIpc) is 3.14. The van der Waals surface area contributed by atoms with E-state index in [9.17, 15) is 4.79 Å². The van der Waals surface area contributed by atoms with Gasteiger partial charge in [-0.2, -0.15) is 0 Å². The van der Waals surface area contributed by atoms with Gasteiger partial charge in [-0.15, -0.1) is 0 Å². The van der Waals surface area contributed by atoms with Crippen LogP contribution in [0.4, 0.5) is 0 Å². The summed E-state index contributed by atoms with van der Waals surface area (Å²) >= 11 is 0. The van der Waals surface area contributed by atoms with Crippen molar-refractivity contribution in [3.05, 3.63) is 30.5 Å². The standard InChI is InChI=1S/C21H30N6O/c28-20(16-26-9-3-1-2-4-10-26)27-11-5-6-17(15-27)12-18-13-22-14-19(25-18)21-23-7-8-24-21/h7-8,13-14,17H,1-6,9-12,15-16H2,(H,23,24)/t17-/m0/s1. The number of carbonyl (C=O) groups is 1. The molecule has 2 aromatic rings. The first-order valence-corrected chi connectivity index (χ1v) is 10.6. The molecule has 0 aliphatic carbocycles. The number of carbonyl (C=O) groups excluding carboxylic acids is 1. The van der Waals surface area contributed by atoms with Gasteiger partial charge in [-0.05, 0) is 51.1 Å². The van der Waals surface area contributed by atoms with E-state index in [0.29, 0.717) is 18.4 Å². The van der Waals surface area contributed by atoms with Crippen LogP contribution in [0.2, 0.25) is 0 Å². The molecule has 2 aliphatic heterocycles. The van der Waals surface area contributed by atoms with E-state index in [2.05, 4.69) is 24.8 Å². The van der Waals surface area contributed by atoms with Gasteiger partial charge in [0.25, 0.3) is 0 Å². The number of hydrogen-bond acceptors (Lipinski definition) is 5. The maximum atomic E-state index is 12.8. The Hall–Kier alpha value is -2.28. The number of nitrogens with zero attached hydrogens (tertiary/aromatic N) is 5. The molecule has 0 unspecified atom stereocenters. The minimum atomic E-state index is 0.294. The lowest BCUT2D eigenvalue weighted by atomic mass is 9.93. The average molecular weight is 383 g/mol. The second-order valence-electron chi connectivity index (χ2n) is 8.08. The van der Waals surface area contributed by atoms with E-state index in [-0.39, 0.29) is 0 Å². The summed E-state index contributed by atoms with van der Waals surface area (Å²) in [4.78, 5) is 33.6. The first-order valence-electron chi connectivity index (χ1n) is 10.6. The number of aromatic amines is 1. The van der Waals surface area contributed by atoms with Crippen molar-refractivity contribution in [1.82, 2.24) is 29.7 Å². The first-order chi connectivity index (χ1) is 13.8. The van der Waals surface area contributed by atoms with Crippen molar-refractivity contribution < 1.29 is 4.79 Å². The minimum Gasteiger partial charge on any atom is -0.343 e. The zero-order valence-corrected chi connectivity index (χ0v) is 16.5. The smallest absolute Gasteiger partial charge is 0.236 e. The number of amides is 1. The van der Waals surface area contributed by atoms with Gasteiger partial charge in [0.1, 0.15) is 5.69 Å². The molecule has 1 atom stereocenters. The van der Waals surface area contributed by atoms with Gasteiger partial charge in [-0.25, -0.2) is 9.97 Å². The highest BCUT2D eigenvalue weighted by atomic mass is 16.2. The maximum Gasteiger partial charge on any atom is 0.236 e. The maximum absolute atomic E-state index is 12.8. The van der Waals surface area contributed by atoms with Gasteiger partial charge in [0, 0.05) is 31.7 Å². The van der Waals surface area contributed by atoms with E-state index in [1.807, 2.05) is 6.20 Å². The molecule has 4 rings (SSSR count). The molecule has 7 heteroatoms. The highest BCUT2D eigenvalue weighted by Gasteiger charge is 2.25. The van der Waals surface area contributed by atoms with Gasteiger partial charge in [0.2, 0.25) is 5.91 Å². The molecule has 1 amide bonds. The zero-order chi connectivity index (χ0) is 19.2. The van der Waals surface area contributed by atoms with Gasteiger partial charge < -0.3 is 9.88 Å². The number of H-pyrrole nitrogens is 1. The van der Waals surface area contributed by atoms with E-state index >= 15 is 0 Å². The molecule has 2 aromatic heterocycles. The van der Waals surface area contributed by atoms with Crippen LogP contribution in [0.3, 0.4) is 0 Å². The minimum absolute atomic E-state index is 0.294. The molecular formula is C21H30N6O. The Labute approximate surface area is 166 Å². The van der Waals surface area contributed by atoms with Crippen LogP contribution in [0.5, 0.6) is 0 Å². The Balaban J connectivity index is 1.33. The van der Waals surface area contributed by atoms with Gasteiger partial charge >= 0.3 is 0 Å². The second kappa shape index (κ2) is 9.28. The highest BCUT2D eigenvalue weighted by molar-refractivity contribution is 5.78. The molecule has 2 fully saturated rings. The molecule has 0 radical (unpaired) electrons. The Bertz CT molecular complexity index is 754. The van der Waals surface area contributed by atoms with Crippen molar-refractivity contribution >= 4 is 5.91 Å². The van der Waals surface area contributed by atoms with Crippen molar-refractivity contribution in [2.75, 3.05) is 32.7 Å². The normalized spacial score (nSPS) is 21.4. The van der Waals surface area contributed by atoms with Gasteiger partial charge in [-0.3, -0.25) is 14.7 Å². The van der Waals surface area contributed by atoms with Crippen molar-refractivity contribution in [1.29, 1.82) is 0 Å². The summed E-state index contributed by atoms with van der Waals surface area (Å²) in [5, 5.41) is 0. The van der Waals surface area contributed by atoms with Crippen molar-refractivity contribution in [3.8, 4) is 11.5 Å². The number of likely N-dealkylation sites (tertiary alicyclic amines) is 2. The van der Waals surface area contributed by atoms with Crippen LogP contribution in [0, 0.1) is 5.92 Å². The van der Waals surface area contributed by atoms with Crippen LogP contribution >= 0.6 is 0 Å². The topological polar surface area (TPSA) is 78.0 Å². The highest BCUT2D eigenvalue weighted by Crippen LogP contribution is 2.21. The van der Waals surface area contributed by atoms with E-state index in [1.54, 1.807) is 18.6 Å². The summed E-state index contributed by atoms with van der Waals surface area (Å²) in [6.07, 6.45) is 15.2. The molecule has 2 saturated heterocycles. The van der Waals surface area contributed by atoms with Crippen LogP contribution in [0.25, 0.3) is 11.5 Å².